The van der Waals surface area contributed by atoms with Gasteiger partial charge in [0.15, 0.2) is 5.78 Å². The zero-order valence-electron chi connectivity index (χ0n) is 12.7. The number of ketones is 1. The summed E-state index contributed by atoms with van der Waals surface area (Å²) in [6.07, 6.45) is 5.75. The summed E-state index contributed by atoms with van der Waals surface area (Å²) in [6.45, 7) is 4.16. The Balaban J connectivity index is 2.34. The molecular weight excluding hydrogens is 270 g/mol. The third-order valence-corrected chi connectivity index (χ3v) is 3.36. The quantitative estimate of drug-likeness (QED) is 0.281. The second-order valence-electron chi connectivity index (χ2n) is 5.20. The number of unbranched alkanes of at least 4 members (excludes halogenated alkanes) is 3. The van der Waals surface area contributed by atoms with Crippen molar-refractivity contribution in [1.29, 1.82) is 0 Å². The molecule has 1 aromatic rings. The van der Waals surface area contributed by atoms with Gasteiger partial charge in [-0.1, -0.05) is 32.6 Å². The van der Waals surface area contributed by atoms with Gasteiger partial charge >= 0.3 is 0 Å². The Hall–Kier alpha value is -1.75. The Morgan fingerprint density at radius 2 is 1.90 bits per heavy atom. The molecular formula is C16H23NO4. The summed E-state index contributed by atoms with van der Waals surface area (Å²) in [5.74, 6) is -0.148. The predicted molar refractivity (Wildman–Crippen MR) is 81.6 cm³/mol. The van der Waals surface area contributed by atoms with Gasteiger partial charge in [0.2, 0.25) is 0 Å². The summed E-state index contributed by atoms with van der Waals surface area (Å²) < 4.78 is 5.53. The summed E-state index contributed by atoms with van der Waals surface area (Å²) in [6, 6.07) is 5.61. The summed E-state index contributed by atoms with van der Waals surface area (Å²) in [5, 5.41) is 10.5. The highest BCUT2D eigenvalue weighted by Crippen LogP contribution is 2.13. The number of hydrogen-bond donors (Lipinski definition) is 0. The molecule has 0 saturated carbocycles. The largest absolute Gasteiger partial charge is 0.370 e. The summed E-state index contributed by atoms with van der Waals surface area (Å²) in [4.78, 5) is 22.0. The molecule has 21 heavy (non-hydrogen) atoms. The minimum atomic E-state index is -0.483. The van der Waals surface area contributed by atoms with E-state index in [1.165, 1.54) is 43.5 Å². The van der Waals surface area contributed by atoms with E-state index in [4.69, 9.17) is 4.74 Å². The van der Waals surface area contributed by atoms with Crippen LogP contribution in [0.25, 0.3) is 0 Å². The first-order valence-electron chi connectivity index (χ1n) is 7.43. The molecule has 0 radical (unpaired) electrons. The summed E-state index contributed by atoms with van der Waals surface area (Å²) in [7, 11) is 0. The topological polar surface area (TPSA) is 69.4 Å². The van der Waals surface area contributed by atoms with Crippen LogP contribution in [0.1, 0.15) is 56.3 Å². The van der Waals surface area contributed by atoms with E-state index < -0.39 is 4.92 Å². The van der Waals surface area contributed by atoms with Crippen LogP contribution < -0.4 is 0 Å². The van der Waals surface area contributed by atoms with Crippen molar-refractivity contribution in [2.24, 2.45) is 0 Å². The fraction of sp³-hybridized carbons (Fsp3) is 0.562. The van der Waals surface area contributed by atoms with Gasteiger partial charge in [-0.15, -0.1) is 0 Å². The van der Waals surface area contributed by atoms with Crippen LogP contribution >= 0.6 is 0 Å². The van der Waals surface area contributed by atoms with Crippen molar-refractivity contribution in [3.8, 4) is 0 Å². The maximum absolute atomic E-state index is 11.9. The van der Waals surface area contributed by atoms with E-state index in [1.807, 2.05) is 6.92 Å². The van der Waals surface area contributed by atoms with Gasteiger partial charge in [0.05, 0.1) is 11.0 Å². The molecule has 0 aliphatic carbocycles. The Morgan fingerprint density at radius 3 is 2.48 bits per heavy atom. The lowest BCUT2D eigenvalue weighted by Crippen LogP contribution is -2.16. The van der Waals surface area contributed by atoms with E-state index in [1.54, 1.807) is 0 Å². The minimum absolute atomic E-state index is 0.0169. The van der Waals surface area contributed by atoms with Gasteiger partial charge in [0.25, 0.3) is 5.69 Å². The van der Waals surface area contributed by atoms with E-state index in [0.29, 0.717) is 5.56 Å². The van der Waals surface area contributed by atoms with Crippen LogP contribution in [0.5, 0.6) is 0 Å². The van der Waals surface area contributed by atoms with Crippen LogP contribution in [-0.4, -0.2) is 23.4 Å². The van der Waals surface area contributed by atoms with Gasteiger partial charge in [-0.05, 0) is 25.5 Å². The van der Waals surface area contributed by atoms with Crippen LogP contribution in [0.3, 0.4) is 0 Å². The molecule has 0 amide bonds. The summed E-state index contributed by atoms with van der Waals surface area (Å²) >= 11 is 0. The van der Waals surface area contributed by atoms with Crippen molar-refractivity contribution in [2.75, 3.05) is 6.61 Å². The smallest absolute Gasteiger partial charge is 0.269 e. The van der Waals surface area contributed by atoms with Crippen molar-refractivity contribution >= 4 is 11.5 Å². The predicted octanol–water partition coefficient (Wildman–Crippen LogP) is 4.15. The van der Waals surface area contributed by atoms with Gasteiger partial charge in [0.1, 0.15) is 6.61 Å². The average molecular weight is 293 g/mol. The number of non-ortho nitro benzene ring substituents is 1. The third-order valence-electron chi connectivity index (χ3n) is 3.36. The molecule has 5 heteroatoms. The molecule has 1 unspecified atom stereocenters. The number of nitro groups is 1. The first kappa shape index (κ1) is 17.3. The number of Topliss-reactive ketones (excluding diaryl/α,β-unsaturated/α-hetero) is 1. The molecule has 0 aromatic heterocycles. The number of benzene rings is 1. The van der Waals surface area contributed by atoms with E-state index in [2.05, 4.69) is 6.92 Å². The molecule has 116 valence electrons. The van der Waals surface area contributed by atoms with Crippen LogP contribution in [0, 0.1) is 10.1 Å². The Labute approximate surface area is 125 Å². The maximum atomic E-state index is 11.9. The van der Waals surface area contributed by atoms with E-state index in [9.17, 15) is 14.9 Å². The van der Waals surface area contributed by atoms with Crippen LogP contribution in [0.4, 0.5) is 5.69 Å². The molecule has 0 spiro atoms. The molecule has 1 rings (SSSR count). The first-order chi connectivity index (χ1) is 10.0. The second-order valence-corrected chi connectivity index (χ2v) is 5.20. The number of rotatable bonds is 10. The van der Waals surface area contributed by atoms with E-state index in [0.717, 1.165) is 12.8 Å². The van der Waals surface area contributed by atoms with E-state index >= 15 is 0 Å². The van der Waals surface area contributed by atoms with E-state index in [-0.39, 0.29) is 24.2 Å². The van der Waals surface area contributed by atoms with Gasteiger partial charge in [-0.25, -0.2) is 0 Å². The molecule has 0 heterocycles. The van der Waals surface area contributed by atoms with Crippen LogP contribution in [0.15, 0.2) is 24.3 Å². The number of carbonyl (C=O) groups is 1. The Bertz CT molecular complexity index is 456. The van der Waals surface area contributed by atoms with Gasteiger partial charge in [-0.2, -0.15) is 0 Å². The van der Waals surface area contributed by atoms with Crippen molar-refractivity contribution in [2.45, 2.75) is 52.1 Å². The monoisotopic (exact) mass is 293 g/mol. The van der Waals surface area contributed by atoms with Crippen molar-refractivity contribution in [3.63, 3.8) is 0 Å². The Kier molecular flexibility index (Phi) is 7.61. The lowest BCUT2D eigenvalue weighted by molar-refractivity contribution is -0.384. The highest BCUT2D eigenvalue weighted by molar-refractivity contribution is 5.97. The SMILES string of the molecule is CCCCCCC(C)OCC(=O)c1ccc([N+](=O)[O-])cc1. The lowest BCUT2D eigenvalue weighted by atomic mass is 10.1. The van der Waals surface area contributed by atoms with Crippen molar-refractivity contribution < 1.29 is 14.5 Å². The van der Waals surface area contributed by atoms with Crippen molar-refractivity contribution in [3.05, 3.63) is 39.9 Å². The normalized spacial score (nSPS) is 12.1. The van der Waals surface area contributed by atoms with Gasteiger partial charge < -0.3 is 4.74 Å². The second kappa shape index (κ2) is 9.23. The molecule has 1 atom stereocenters. The van der Waals surface area contributed by atoms with Gasteiger partial charge in [0, 0.05) is 17.7 Å². The molecule has 0 saturated heterocycles. The van der Waals surface area contributed by atoms with Crippen LogP contribution in [0.2, 0.25) is 0 Å². The minimum Gasteiger partial charge on any atom is -0.370 e. The zero-order valence-corrected chi connectivity index (χ0v) is 12.7. The molecule has 0 N–H and O–H groups in total. The number of carbonyl (C=O) groups excluding carboxylic acids is 1. The third kappa shape index (κ3) is 6.49. The molecule has 0 aliphatic heterocycles. The molecule has 1 aromatic carbocycles. The first-order valence-corrected chi connectivity index (χ1v) is 7.43. The highest BCUT2D eigenvalue weighted by Gasteiger charge is 2.11. The lowest BCUT2D eigenvalue weighted by Gasteiger charge is -2.12. The summed E-state index contributed by atoms with van der Waals surface area (Å²) in [5.41, 5.74) is 0.426. The number of hydrogen-bond acceptors (Lipinski definition) is 4. The molecule has 0 aliphatic rings. The Morgan fingerprint density at radius 1 is 1.24 bits per heavy atom. The standard InChI is InChI=1S/C16H23NO4/c1-3-4-5-6-7-13(2)21-12-16(18)14-8-10-15(11-9-14)17(19)20/h8-11,13H,3-7,12H2,1-2H3. The fourth-order valence-corrected chi connectivity index (χ4v) is 2.01. The molecule has 5 nitrogen and oxygen atoms in total. The number of nitrogens with zero attached hydrogens (tertiary/aromatic N) is 1. The molecule has 0 bridgehead atoms. The average Bonchev–Trinajstić information content (AvgIpc) is 2.49. The maximum Gasteiger partial charge on any atom is 0.269 e. The van der Waals surface area contributed by atoms with Crippen molar-refractivity contribution in [1.82, 2.24) is 0 Å². The van der Waals surface area contributed by atoms with Crippen LogP contribution in [-0.2, 0) is 4.74 Å². The number of nitro benzene ring substituents is 1. The zero-order chi connectivity index (χ0) is 15.7. The fourth-order valence-electron chi connectivity index (χ4n) is 2.01. The van der Waals surface area contributed by atoms with Gasteiger partial charge in [-0.3, -0.25) is 14.9 Å². The highest BCUT2D eigenvalue weighted by atomic mass is 16.6. The molecule has 0 fully saturated rings. The number of ether oxygens (including phenoxy) is 1.